The average molecular weight is 683 g/mol. The lowest BCUT2D eigenvalue weighted by Gasteiger charge is -2.12. The molecule has 0 saturated carbocycles. The first-order chi connectivity index (χ1) is 25.7. The molecule has 4 heterocycles. The molecule has 0 fully saturated rings. The van der Waals surface area contributed by atoms with Crippen LogP contribution in [-0.2, 0) is 0 Å². The lowest BCUT2D eigenvalue weighted by molar-refractivity contribution is 0.669. The molecule has 0 spiro atoms. The van der Waals surface area contributed by atoms with Gasteiger partial charge in [-0.15, -0.1) is 11.3 Å². The Morgan fingerprint density at radius 3 is 1.77 bits per heavy atom. The number of para-hydroxylation sites is 2. The van der Waals surface area contributed by atoms with Gasteiger partial charge in [-0.25, -0.2) is 19.9 Å². The van der Waals surface area contributed by atoms with Crippen molar-refractivity contribution >= 4 is 75.1 Å². The monoisotopic (exact) mass is 682 g/mol. The van der Waals surface area contributed by atoms with Crippen molar-refractivity contribution in [2.24, 2.45) is 0 Å². The van der Waals surface area contributed by atoms with Crippen molar-refractivity contribution in [2.75, 3.05) is 0 Å². The van der Waals surface area contributed by atoms with E-state index < -0.39 is 0 Å². The molecular weight excluding hydrogens is 657 g/mol. The lowest BCUT2D eigenvalue weighted by atomic mass is 9.96. The normalized spacial score (nSPS) is 11.8. The number of pyridine rings is 1. The van der Waals surface area contributed by atoms with E-state index in [1.807, 2.05) is 72.0 Å². The van der Waals surface area contributed by atoms with Crippen molar-refractivity contribution in [1.82, 2.24) is 19.9 Å². The largest absolute Gasteiger partial charge is 0.456 e. The first-order valence-electron chi connectivity index (χ1n) is 17.2. The number of fused-ring (bicyclic) bond motifs is 10. The molecule has 0 aliphatic carbocycles. The van der Waals surface area contributed by atoms with Gasteiger partial charge in [-0.2, -0.15) is 0 Å². The van der Waals surface area contributed by atoms with Crippen LogP contribution in [0.5, 0.6) is 0 Å². The van der Waals surface area contributed by atoms with Crippen LogP contribution in [0.4, 0.5) is 0 Å². The van der Waals surface area contributed by atoms with Gasteiger partial charge in [0.05, 0.1) is 11.2 Å². The fourth-order valence-corrected chi connectivity index (χ4v) is 8.57. The smallest absolute Gasteiger partial charge is 0.164 e. The van der Waals surface area contributed by atoms with Crippen LogP contribution in [-0.4, -0.2) is 19.9 Å². The Hall–Kier alpha value is -6.76. The summed E-state index contributed by atoms with van der Waals surface area (Å²) in [6, 6.07) is 54.4. The molecule has 5 nitrogen and oxygen atoms in total. The van der Waals surface area contributed by atoms with Crippen molar-refractivity contribution in [2.45, 2.75) is 0 Å². The summed E-state index contributed by atoms with van der Waals surface area (Å²) in [5.41, 5.74) is 7.46. The minimum Gasteiger partial charge on any atom is -0.456 e. The van der Waals surface area contributed by atoms with Gasteiger partial charge < -0.3 is 4.42 Å². The first-order valence-corrected chi connectivity index (χ1v) is 18.0. The van der Waals surface area contributed by atoms with Gasteiger partial charge in [-0.3, -0.25) is 0 Å². The highest BCUT2D eigenvalue weighted by atomic mass is 32.1. The van der Waals surface area contributed by atoms with Gasteiger partial charge in [-0.05, 0) is 48.5 Å². The van der Waals surface area contributed by atoms with Crippen LogP contribution in [0, 0.1) is 0 Å². The minimum atomic E-state index is 0.594. The molecule has 0 atom stereocenters. The van der Waals surface area contributed by atoms with E-state index in [1.165, 1.54) is 25.6 Å². The summed E-state index contributed by atoms with van der Waals surface area (Å²) in [6.07, 6.45) is 0. The standard InChI is InChI=1S/C46H26N4OS/c1-3-11-27(12-4-1)43-34-22-24-40-42(41(34)33-16-7-9-17-36(33)47-43)35-25-29(20-23-39(35)52-40)45-48-44(28-13-5-2-6-14-28)49-46(50-45)30-19-21-32-31-15-8-10-18-37(31)51-38(32)26-30/h1-26H. The predicted octanol–water partition coefficient (Wildman–Crippen LogP) is 12.5. The van der Waals surface area contributed by atoms with Crippen LogP contribution in [0.3, 0.4) is 0 Å². The Bertz CT molecular complexity index is 3190. The maximum Gasteiger partial charge on any atom is 0.164 e. The van der Waals surface area contributed by atoms with Crippen LogP contribution in [0.2, 0.25) is 0 Å². The van der Waals surface area contributed by atoms with Crippen LogP contribution < -0.4 is 0 Å². The molecule has 0 bridgehead atoms. The Balaban J connectivity index is 1.15. The summed E-state index contributed by atoms with van der Waals surface area (Å²) in [6.45, 7) is 0. The maximum absolute atomic E-state index is 6.25. The number of aromatic nitrogens is 4. The summed E-state index contributed by atoms with van der Waals surface area (Å²) < 4.78 is 8.69. The van der Waals surface area contributed by atoms with E-state index in [0.29, 0.717) is 17.5 Å². The maximum atomic E-state index is 6.25. The molecule has 6 heteroatoms. The zero-order valence-electron chi connectivity index (χ0n) is 27.6. The molecule has 7 aromatic carbocycles. The number of hydrogen-bond donors (Lipinski definition) is 0. The van der Waals surface area contributed by atoms with E-state index in [4.69, 9.17) is 24.4 Å². The van der Waals surface area contributed by atoms with Gasteiger partial charge in [0.15, 0.2) is 17.5 Å². The molecule has 242 valence electrons. The summed E-state index contributed by atoms with van der Waals surface area (Å²) in [4.78, 5) is 20.4. The van der Waals surface area contributed by atoms with Crippen molar-refractivity contribution in [3.8, 4) is 45.4 Å². The molecule has 11 aromatic rings. The minimum absolute atomic E-state index is 0.594. The molecule has 0 radical (unpaired) electrons. The molecular formula is C46H26N4OS. The van der Waals surface area contributed by atoms with Gasteiger partial charge in [-0.1, -0.05) is 109 Å². The summed E-state index contributed by atoms with van der Waals surface area (Å²) >= 11 is 1.81. The fourth-order valence-electron chi connectivity index (χ4n) is 7.48. The summed E-state index contributed by atoms with van der Waals surface area (Å²) in [7, 11) is 0. The third kappa shape index (κ3) is 4.55. The van der Waals surface area contributed by atoms with Crippen LogP contribution in [0.15, 0.2) is 162 Å². The van der Waals surface area contributed by atoms with E-state index in [2.05, 4.69) is 97.1 Å². The van der Waals surface area contributed by atoms with Gasteiger partial charge in [0.1, 0.15) is 11.2 Å². The molecule has 4 aromatic heterocycles. The number of furan rings is 1. The Labute approximate surface area is 301 Å². The Morgan fingerprint density at radius 1 is 0.365 bits per heavy atom. The fraction of sp³-hybridized carbons (Fsp3) is 0. The molecule has 0 N–H and O–H groups in total. The van der Waals surface area contributed by atoms with E-state index in [0.717, 1.165) is 66.2 Å². The van der Waals surface area contributed by atoms with Crippen LogP contribution in [0.1, 0.15) is 0 Å². The average Bonchev–Trinajstić information content (AvgIpc) is 3.78. The van der Waals surface area contributed by atoms with E-state index >= 15 is 0 Å². The molecule has 0 unspecified atom stereocenters. The highest BCUT2D eigenvalue weighted by Gasteiger charge is 2.19. The lowest BCUT2D eigenvalue weighted by Crippen LogP contribution is -2.00. The van der Waals surface area contributed by atoms with Gasteiger partial charge in [0.2, 0.25) is 0 Å². The van der Waals surface area contributed by atoms with Crippen LogP contribution in [0.25, 0.3) is 109 Å². The molecule has 0 aliphatic rings. The van der Waals surface area contributed by atoms with E-state index in [9.17, 15) is 0 Å². The highest BCUT2D eigenvalue weighted by molar-refractivity contribution is 7.26. The van der Waals surface area contributed by atoms with Crippen LogP contribution >= 0.6 is 11.3 Å². The number of hydrogen-bond acceptors (Lipinski definition) is 6. The first kappa shape index (κ1) is 29.0. The summed E-state index contributed by atoms with van der Waals surface area (Å²) in [5, 5.41) is 8.05. The second-order valence-corrected chi connectivity index (χ2v) is 14.1. The zero-order chi connectivity index (χ0) is 34.2. The van der Waals surface area contributed by atoms with Crippen molar-refractivity contribution in [3.05, 3.63) is 158 Å². The van der Waals surface area contributed by atoms with Crippen molar-refractivity contribution in [3.63, 3.8) is 0 Å². The predicted molar refractivity (Wildman–Crippen MR) is 215 cm³/mol. The number of benzene rings is 7. The molecule has 0 saturated heterocycles. The van der Waals surface area contributed by atoms with E-state index in [1.54, 1.807) is 0 Å². The van der Waals surface area contributed by atoms with Crippen molar-refractivity contribution in [1.29, 1.82) is 0 Å². The third-order valence-electron chi connectivity index (χ3n) is 9.91. The summed E-state index contributed by atoms with van der Waals surface area (Å²) in [5.74, 6) is 1.83. The molecule has 0 amide bonds. The molecule has 0 aliphatic heterocycles. The van der Waals surface area contributed by atoms with E-state index in [-0.39, 0.29) is 0 Å². The Kier molecular flexibility index (Phi) is 6.35. The van der Waals surface area contributed by atoms with Gasteiger partial charge in [0.25, 0.3) is 0 Å². The quantitative estimate of drug-likeness (QED) is 0.173. The van der Waals surface area contributed by atoms with Gasteiger partial charge in [0, 0.05) is 69.4 Å². The topological polar surface area (TPSA) is 64.7 Å². The van der Waals surface area contributed by atoms with Gasteiger partial charge >= 0.3 is 0 Å². The Morgan fingerprint density at radius 2 is 0.962 bits per heavy atom. The second-order valence-electron chi connectivity index (χ2n) is 13.0. The third-order valence-corrected chi connectivity index (χ3v) is 11.0. The highest BCUT2D eigenvalue weighted by Crippen LogP contribution is 2.44. The number of thiophene rings is 1. The van der Waals surface area contributed by atoms with Crippen molar-refractivity contribution < 1.29 is 4.42 Å². The molecule has 52 heavy (non-hydrogen) atoms. The number of rotatable bonds is 4. The zero-order valence-corrected chi connectivity index (χ0v) is 28.4. The molecule has 11 rings (SSSR count). The second kappa shape index (κ2) is 11.4. The SMILES string of the molecule is c1ccc(-c2nc(-c3ccc4c(c3)oc3ccccc34)nc(-c3ccc4sc5ccc6c(-c7ccccc7)nc7ccccc7c6c5c4c3)n2)cc1. The number of nitrogens with zero attached hydrogens (tertiary/aromatic N) is 4.